The summed E-state index contributed by atoms with van der Waals surface area (Å²) in [4.78, 5) is 3.63. The van der Waals surface area contributed by atoms with Crippen LogP contribution in [-0.2, 0) is 0 Å². The Morgan fingerprint density at radius 1 is 1.67 bits per heavy atom. The molecular formula is C6H6FNS. The number of halogens is 1. The van der Waals surface area contributed by atoms with Gasteiger partial charge in [0.05, 0.1) is 11.2 Å². The number of aryl methyl sites for hydroxylation is 1. The number of rotatable bonds is 0. The summed E-state index contributed by atoms with van der Waals surface area (Å²) in [5, 5.41) is 0.550. The zero-order chi connectivity index (χ0) is 6.85. The lowest BCUT2D eigenvalue weighted by atomic mass is 10.3. The molecule has 1 rings (SSSR count). The van der Waals surface area contributed by atoms with Gasteiger partial charge in [-0.3, -0.25) is 0 Å². The highest BCUT2D eigenvalue weighted by atomic mass is 32.1. The molecule has 1 heterocycles. The van der Waals surface area contributed by atoms with Crippen molar-refractivity contribution in [2.45, 2.75) is 11.9 Å². The smallest absolute Gasteiger partial charge is 0.144 e. The molecule has 0 spiro atoms. The topological polar surface area (TPSA) is 12.9 Å². The zero-order valence-electron chi connectivity index (χ0n) is 4.93. The van der Waals surface area contributed by atoms with E-state index in [0.717, 1.165) is 6.20 Å². The molecule has 0 radical (unpaired) electrons. The lowest BCUT2D eigenvalue weighted by Gasteiger charge is -1.93. The first-order valence-corrected chi connectivity index (χ1v) is 2.96. The molecule has 9 heavy (non-hydrogen) atoms. The minimum Gasteiger partial charge on any atom is -0.247 e. The number of nitrogens with zero attached hydrogens (tertiary/aromatic N) is 1. The lowest BCUT2D eigenvalue weighted by molar-refractivity contribution is 0.608. The maximum Gasteiger partial charge on any atom is 0.144 e. The van der Waals surface area contributed by atoms with Gasteiger partial charge in [0, 0.05) is 0 Å². The Hall–Kier alpha value is -0.570. The van der Waals surface area contributed by atoms with Gasteiger partial charge in [-0.15, -0.1) is 12.6 Å². The third-order valence-corrected chi connectivity index (χ3v) is 1.28. The van der Waals surface area contributed by atoms with Crippen LogP contribution in [0, 0.1) is 12.7 Å². The van der Waals surface area contributed by atoms with E-state index in [4.69, 9.17) is 0 Å². The highest BCUT2D eigenvalue weighted by Crippen LogP contribution is 2.07. The van der Waals surface area contributed by atoms with Crippen LogP contribution < -0.4 is 0 Å². The van der Waals surface area contributed by atoms with Gasteiger partial charge in [-0.25, -0.2) is 9.37 Å². The van der Waals surface area contributed by atoms with E-state index in [-0.39, 0.29) is 5.82 Å². The number of aromatic nitrogens is 1. The van der Waals surface area contributed by atoms with E-state index in [1.165, 1.54) is 0 Å². The van der Waals surface area contributed by atoms with Crippen LogP contribution in [0.15, 0.2) is 17.3 Å². The second-order valence-electron chi connectivity index (χ2n) is 1.79. The molecule has 0 aliphatic rings. The van der Waals surface area contributed by atoms with Crippen molar-refractivity contribution in [3.05, 3.63) is 23.6 Å². The van der Waals surface area contributed by atoms with E-state index >= 15 is 0 Å². The van der Waals surface area contributed by atoms with Crippen LogP contribution in [0.5, 0.6) is 0 Å². The summed E-state index contributed by atoms with van der Waals surface area (Å²) in [5.74, 6) is -0.284. The fraction of sp³-hybridized carbons (Fsp3) is 0.167. The molecule has 0 fully saturated rings. The summed E-state index contributed by atoms with van der Waals surface area (Å²) >= 11 is 3.92. The molecule has 0 saturated carbocycles. The number of pyridine rings is 1. The largest absolute Gasteiger partial charge is 0.247 e. The van der Waals surface area contributed by atoms with Crippen molar-refractivity contribution < 1.29 is 4.39 Å². The van der Waals surface area contributed by atoms with Gasteiger partial charge in [-0.2, -0.15) is 0 Å². The monoisotopic (exact) mass is 143 g/mol. The molecule has 0 atom stereocenters. The number of hydrogen-bond donors (Lipinski definition) is 1. The Balaban J connectivity index is 3.17. The van der Waals surface area contributed by atoms with Gasteiger partial charge in [0.25, 0.3) is 0 Å². The Morgan fingerprint density at radius 3 is 2.78 bits per heavy atom. The highest BCUT2D eigenvalue weighted by molar-refractivity contribution is 7.80. The Labute approximate surface area is 58.3 Å². The summed E-state index contributed by atoms with van der Waals surface area (Å²) in [7, 11) is 0. The van der Waals surface area contributed by atoms with Gasteiger partial charge in [-0.05, 0) is 18.6 Å². The summed E-state index contributed by atoms with van der Waals surface area (Å²) < 4.78 is 12.4. The minimum atomic E-state index is -0.284. The Kier molecular flexibility index (Phi) is 1.71. The predicted molar refractivity (Wildman–Crippen MR) is 36.2 cm³/mol. The molecule has 0 N–H and O–H groups in total. The molecule has 0 aliphatic heterocycles. The van der Waals surface area contributed by atoms with Crippen LogP contribution in [0.2, 0.25) is 0 Å². The van der Waals surface area contributed by atoms with Crippen LogP contribution in [0.3, 0.4) is 0 Å². The maximum atomic E-state index is 12.4. The molecule has 0 bridgehead atoms. The van der Waals surface area contributed by atoms with E-state index in [0.29, 0.717) is 10.6 Å². The molecule has 0 unspecified atom stereocenters. The van der Waals surface area contributed by atoms with Crippen LogP contribution in [0.25, 0.3) is 0 Å². The van der Waals surface area contributed by atoms with E-state index in [9.17, 15) is 4.39 Å². The molecule has 1 aromatic heterocycles. The van der Waals surface area contributed by atoms with Crippen LogP contribution >= 0.6 is 12.6 Å². The van der Waals surface area contributed by atoms with Crippen LogP contribution in [0.1, 0.15) is 5.56 Å². The van der Waals surface area contributed by atoms with Crippen molar-refractivity contribution in [1.29, 1.82) is 0 Å². The first-order valence-electron chi connectivity index (χ1n) is 2.51. The summed E-state index contributed by atoms with van der Waals surface area (Å²) in [6, 6.07) is 1.58. The molecule has 0 aliphatic carbocycles. The Morgan fingerprint density at radius 2 is 2.33 bits per heavy atom. The average molecular weight is 143 g/mol. The normalized spacial score (nSPS) is 9.67. The van der Waals surface area contributed by atoms with Gasteiger partial charge in [0.15, 0.2) is 0 Å². The van der Waals surface area contributed by atoms with Gasteiger partial charge in [0.1, 0.15) is 5.82 Å². The van der Waals surface area contributed by atoms with E-state index < -0.39 is 0 Å². The minimum absolute atomic E-state index is 0.284. The second kappa shape index (κ2) is 2.35. The maximum absolute atomic E-state index is 12.4. The third kappa shape index (κ3) is 1.42. The Bertz CT molecular complexity index is 224. The van der Waals surface area contributed by atoms with Gasteiger partial charge in [0.2, 0.25) is 0 Å². The summed E-state index contributed by atoms with van der Waals surface area (Å²) in [6.45, 7) is 1.68. The number of thiol groups is 1. The average Bonchev–Trinajstić information content (AvgIpc) is 1.80. The standard InChI is InChI=1S/C6H6FNS/c1-4-2-6(9)8-3-5(4)7/h2-3H,1H3,(H,8,9). The summed E-state index contributed by atoms with van der Waals surface area (Å²) in [6.07, 6.45) is 1.16. The molecule has 1 aromatic rings. The van der Waals surface area contributed by atoms with Gasteiger partial charge >= 0.3 is 0 Å². The van der Waals surface area contributed by atoms with E-state index in [2.05, 4.69) is 17.6 Å². The van der Waals surface area contributed by atoms with Crippen molar-refractivity contribution in [3.8, 4) is 0 Å². The van der Waals surface area contributed by atoms with E-state index in [1.54, 1.807) is 13.0 Å². The lowest BCUT2D eigenvalue weighted by Crippen LogP contribution is -1.83. The number of hydrogen-bond acceptors (Lipinski definition) is 2. The van der Waals surface area contributed by atoms with E-state index in [1.807, 2.05) is 0 Å². The molecule has 48 valence electrons. The third-order valence-electron chi connectivity index (χ3n) is 1.03. The molecule has 3 heteroatoms. The first kappa shape index (κ1) is 6.55. The highest BCUT2D eigenvalue weighted by Gasteiger charge is 1.94. The van der Waals surface area contributed by atoms with Crippen LogP contribution in [-0.4, -0.2) is 4.98 Å². The van der Waals surface area contributed by atoms with Gasteiger partial charge in [-0.1, -0.05) is 0 Å². The van der Waals surface area contributed by atoms with Crippen molar-refractivity contribution in [2.24, 2.45) is 0 Å². The van der Waals surface area contributed by atoms with Crippen molar-refractivity contribution in [3.63, 3.8) is 0 Å². The van der Waals surface area contributed by atoms with Crippen molar-refractivity contribution in [2.75, 3.05) is 0 Å². The van der Waals surface area contributed by atoms with Crippen molar-refractivity contribution >= 4 is 12.6 Å². The molecular weight excluding hydrogens is 137 g/mol. The zero-order valence-corrected chi connectivity index (χ0v) is 5.82. The molecule has 0 amide bonds. The van der Waals surface area contributed by atoms with Crippen LogP contribution in [0.4, 0.5) is 4.39 Å². The summed E-state index contributed by atoms with van der Waals surface area (Å²) in [5.41, 5.74) is 0.579. The fourth-order valence-corrected chi connectivity index (χ4v) is 0.776. The predicted octanol–water partition coefficient (Wildman–Crippen LogP) is 1.82. The SMILES string of the molecule is Cc1cc(S)ncc1F. The molecule has 0 saturated heterocycles. The fourth-order valence-electron chi connectivity index (χ4n) is 0.524. The van der Waals surface area contributed by atoms with Crippen molar-refractivity contribution in [1.82, 2.24) is 4.98 Å². The van der Waals surface area contributed by atoms with Gasteiger partial charge < -0.3 is 0 Å². The second-order valence-corrected chi connectivity index (χ2v) is 2.25. The quantitative estimate of drug-likeness (QED) is 0.546. The first-order chi connectivity index (χ1) is 4.20. The molecule has 0 aromatic carbocycles. The molecule has 1 nitrogen and oxygen atoms in total.